The first-order valence-electron chi connectivity index (χ1n) is 9.93. The molecule has 2 aliphatic rings. The Hall–Kier alpha value is -1.97. The molecule has 4 rings (SSSR count). The average Bonchev–Trinajstić information content (AvgIpc) is 3.33. The van der Waals surface area contributed by atoms with Gasteiger partial charge in [0.15, 0.2) is 5.03 Å². The number of halogens is 1. The molecule has 0 aliphatic carbocycles. The molecular formula is C20H27FN4O3S. The van der Waals surface area contributed by atoms with Crippen LogP contribution in [0.15, 0.2) is 35.7 Å². The lowest BCUT2D eigenvalue weighted by Crippen LogP contribution is -2.36. The van der Waals surface area contributed by atoms with Crippen LogP contribution in [0.5, 0.6) is 0 Å². The van der Waals surface area contributed by atoms with Crippen LogP contribution in [0.1, 0.15) is 18.4 Å². The molecule has 1 aromatic carbocycles. The van der Waals surface area contributed by atoms with E-state index in [4.69, 9.17) is 4.74 Å². The van der Waals surface area contributed by atoms with Gasteiger partial charge >= 0.3 is 0 Å². The van der Waals surface area contributed by atoms with Gasteiger partial charge in [-0.15, -0.1) is 0 Å². The highest BCUT2D eigenvalue weighted by Crippen LogP contribution is 2.34. The van der Waals surface area contributed by atoms with E-state index < -0.39 is 10.0 Å². The number of hydrogen-bond donors (Lipinski definition) is 1. The predicted octanol–water partition coefficient (Wildman–Crippen LogP) is 2.40. The van der Waals surface area contributed by atoms with Gasteiger partial charge in [-0.05, 0) is 55.4 Å². The number of aryl methyl sites for hydroxylation is 2. The van der Waals surface area contributed by atoms with Crippen molar-refractivity contribution in [3.63, 3.8) is 0 Å². The second-order valence-corrected chi connectivity index (χ2v) is 9.94. The maximum Gasteiger partial charge on any atom is 0.262 e. The molecule has 7 nitrogen and oxygen atoms in total. The number of imidazole rings is 1. The third-order valence-corrected chi connectivity index (χ3v) is 7.65. The summed E-state index contributed by atoms with van der Waals surface area (Å²) in [5.74, 6) is 0.143. The number of ether oxygens (including phenoxy) is 1. The lowest BCUT2D eigenvalue weighted by molar-refractivity contribution is 0.0317. The van der Waals surface area contributed by atoms with E-state index in [-0.39, 0.29) is 28.7 Å². The van der Waals surface area contributed by atoms with Gasteiger partial charge in [0.2, 0.25) is 0 Å². The predicted molar refractivity (Wildman–Crippen MR) is 108 cm³/mol. The Bertz CT molecular complexity index is 972. The molecule has 0 spiro atoms. The molecule has 0 bridgehead atoms. The molecule has 2 fully saturated rings. The molecule has 2 aliphatic heterocycles. The van der Waals surface area contributed by atoms with E-state index >= 15 is 0 Å². The summed E-state index contributed by atoms with van der Waals surface area (Å²) in [7, 11) is -1.92. The van der Waals surface area contributed by atoms with Gasteiger partial charge in [0.1, 0.15) is 5.82 Å². The first kappa shape index (κ1) is 20.3. The highest BCUT2D eigenvalue weighted by Gasteiger charge is 2.43. The van der Waals surface area contributed by atoms with Gasteiger partial charge in [0.05, 0.1) is 6.33 Å². The van der Waals surface area contributed by atoms with E-state index in [1.807, 2.05) is 0 Å². The van der Waals surface area contributed by atoms with Crippen molar-refractivity contribution >= 4 is 15.7 Å². The third-order valence-electron chi connectivity index (χ3n) is 5.93. The zero-order valence-corrected chi connectivity index (χ0v) is 17.5. The molecular weight excluding hydrogens is 395 g/mol. The van der Waals surface area contributed by atoms with E-state index in [0.29, 0.717) is 25.3 Å². The molecule has 1 aromatic heterocycles. The molecule has 2 aromatic rings. The Morgan fingerprint density at radius 2 is 2.14 bits per heavy atom. The van der Waals surface area contributed by atoms with Crippen LogP contribution in [-0.4, -0.2) is 54.6 Å². The number of aromatic nitrogens is 2. The van der Waals surface area contributed by atoms with Crippen molar-refractivity contribution in [1.29, 1.82) is 0 Å². The minimum atomic E-state index is -3.67. The number of benzene rings is 1. The molecule has 0 amide bonds. The van der Waals surface area contributed by atoms with Crippen molar-refractivity contribution in [1.82, 2.24) is 13.9 Å². The quantitative estimate of drug-likeness (QED) is 0.801. The van der Waals surface area contributed by atoms with Gasteiger partial charge < -0.3 is 14.6 Å². The van der Waals surface area contributed by atoms with Crippen LogP contribution in [0.2, 0.25) is 0 Å². The van der Waals surface area contributed by atoms with Gasteiger partial charge in [0.25, 0.3) is 10.0 Å². The average molecular weight is 423 g/mol. The maximum atomic E-state index is 13.6. The maximum absolute atomic E-state index is 13.6. The van der Waals surface area contributed by atoms with E-state index in [1.165, 1.54) is 22.9 Å². The molecule has 1 N–H and O–H groups in total. The summed E-state index contributed by atoms with van der Waals surface area (Å²) in [5, 5.41) is 3.53. The van der Waals surface area contributed by atoms with Gasteiger partial charge in [0, 0.05) is 51.3 Å². The Kier molecular flexibility index (Phi) is 5.63. The molecule has 3 atom stereocenters. The van der Waals surface area contributed by atoms with Crippen LogP contribution in [0.4, 0.5) is 10.1 Å². The number of rotatable bonds is 5. The molecule has 0 saturated carbocycles. The van der Waals surface area contributed by atoms with Crippen molar-refractivity contribution in [3.05, 3.63) is 42.1 Å². The summed E-state index contributed by atoms with van der Waals surface area (Å²) < 4.78 is 48.7. The molecule has 9 heteroatoms. The monoisotopic (exact) mass is 422 g/mol. The van der Waals surface area contributed by atoms with Crippen LogP contribution in [0.3, 0.4) is 0 Å². The number of hydrogen-bond acceptors (Lipinski definition) is 5. The van der Waals surface area contributed by atoms with E-state index in [2.05, 4.69) is 10.3 Å². The lowest BCUT2D eigenvalue weighted by Gasteiger charge is -2.31. The second-order valence-electron chi connectivity index (χ2n) is 8.06. The van der Waals surface area contributed by atoms with Crippen molar-refractivity contribution in [3.8, 4) is 0 Å². The van der Waals surface area contributed by atoms with E-state index in [9.17, 15) is 12.8 Å². The molecule has 29 heavy (non-hydrogen) atoms. The number of sulfonamides is 1. The van der Waals surface area contributed by atoms with Gasteiger partial charge in [-0.3, -0.25) is 0 Å². The SMILES string of the molecule is Cc1cc(NC2CN(S(=O)(=O)c3cn(C)cn3)CC2[C@@H]2CCCOC2)ccc1F. The number of nitrogens with one attached hydrogen (secondary N) is 1. The van der Waals surface area contributed by atoms with E-state index in [1.54, 1.807) is 30.7 Å². The Morgan fingerprint density at radius 3 is 2.79 bits per heavy atom. The topological polar surface area (TPSA) is 76.5 Å². The second kappa shape index (κ2) is 8.04. The largest absolute Gasteiger partial charge is 0.381 e. The zero-order chi connectivity index (χ0) is 20.6. The van der Waals surface area contributed by atoms with Gasteiger partial charge in [-0.1, -0.05) is 0 Å². The third kappa shape index (κ3) is 4.17. The van der Waals surface area contributed by atoms with Crippen molar-refractivity contribution in [2.75, 3.05) is 31.6 Å². The highest BCUT2D eigenvalue weighted by atomic mass is 32.2. The Morgan fingerprint density at radius 1 is 1.31 bits per heavy atom. The summed E-state index contributed by atoms with van der Waals surface area (Å²) in [6.07, 6.45) is 5.02. The Labute approximate surface area is 170 Å². The fourth-order valence-corrected chi connectivity index (χ4v) is 5.79. The molecule has 3 heterocycles. The van der Waals surface area contributed by atoms with Crippen molar-refractivity contribution in [2.24, 2.45) is 18.9 Å². The summed E-state index contributed by atoms with van der Waals surface area (Å²) >= 11 is 0. The standard InChI is InChI=1S/C20H27FN4O3S/c1-14-8-16(5-6-18(14)21)23-19-10-25(9-17(19)15-4-3-7-28-12-15)29(26,27)20-11-24(2)13-22-20/h5-6,8,11,13,15,17,19,23H,3-4,7,9-10,12H2,1-2H3/t15-,17?,19?/m1/s1. The van der Waals surface area contributed by atoms with E-state index in [0.717, 1.165) is 25.1 Å². The van der Waals surface area contributed by atoms with Crippen LogP contribution in [-0.2, 0) is 21.8 Å². The minimum Gasteiger partial charge on any atom is -0.381 e. The fourth-order valence-electron chi connectivity index (χ4n) is 4.32. The first-order valence-corrected chi connectivity index (χ1v) is 11.4. The van der Waals surface area contributed by atoms with Crippen LogP contribution < -0.4 is 5.32 Å². The van der Waals surface area contributed by atoms with Crippen LogP contribution in [0.25, 0.3) is 0 Å². The van der Waals surface area contributed by atoms with Gasteiger partial charge in [-0.2, -0.15) is 4.31 Å². The Balaban J connectivity index is 1.59. The first-order chi connectivity index (χ1) is 13.8. The smallest absolute Gasteiger partial charge is 0.262 e. The van der Waals surface area contributed by atoms with Crippen LogP contribution in [0, 0.1) is 24.6 Å². The highest BCUT2D eigenvalue weighted by molar-refractivity contribution is 7.89. The fraction of sp³-hybridized carbons (Fsp3) is 0.550. The van der Waals surface area contributed by atoms with Crippen LogP contribution >= 0.6 is 0 Å². The molecule has 2 unspecified atom stereocenters. The summed E-state index contributed by atoms with van der Waals surface area (Å²) in [6, 6.07) is 4.82. The summed E-state index contributed by atoms with van der Waals surface area (Å²) in [4.78, 5) is 4.05. The lowest BCUT2D eigenvalue weighted by atomic mass is 9.84. The minimum absolute atomic E-state index is 0.0666. The number of anilines is 1. The van der Waals surface area contributed by atoms with Crippen molar-refractivity contribution < 1.29 is 17.5 Å². The zero-order valence-electron chi connectivity index (χ0n) is 16.7. The molecule has 158 valence electrons. The number of nitrogens with zero attached hydrogens (tertiary/aromatic N) is 3. The molecule has 2 saturated heterocycles. The van der Waals surface area contributed by atoms with Gasteiger partial charge in [-0.25, -0.2) is 17.8 Å². The summed E-state index contributed by atoms with van der Waals surface area (Å²) in [6.45, 7) is 3.89. The summed E-state index contributed by atoms with van der Waals surface area (Å²) in [5.41, 5.74) is 1.36. The van der Waals surface area contributed by atoms with Crippen molar-refractivity contribution in [2.45, 2.75) is 30.8 Å². The molecule has 0 radical (unpaired) electrons. The normalized spacial score (nSPS) is 26.0.